The largest absolute Gasteiger partial charge is 0.403 e. The van der Waals surface area contributed by atoms with Crippen molar-refractivity contribution in [2.75, 3.05) is 31.6 Å². The summed E-state index contributed by atoms with van der Waals surface area (Å²) in [6.45, 7) is 3.59. The number of nitrogens with one attached hydrogen (secondary N) is 2. The number of alkyl halides is 6. The first-order valence-electron chi connectivity index (χ1n) is 9.97. The molecule has 0 bridgehead atoms. The van der Waals surface area contributed by atoms with E-state index in [1.807, 2.05) is 0 Å². The number of rotatable bonds is 11. The van der Waals surface area contributed by atoms with Gasteiger partial charge in [-0.2, -0.15) is 26.3 Å². The van der Waals surface area contributed by atoms with Crippen LogP contribution in [-0.2, 0) is 11.1 Å². The number of hydrogen-bond donors (Lipinski definition) is 2. The highest BCUT2D eigenvalue weighted by atomic mass is 19.4. The van der Waals surface area contributed by atoms with E-state index in [0.717, 1.165) is 17.5 Å². The molecule has 2 rings (SSSR count). The van der Waals surface area contributed by atoms with Crippen molar-refractivity contribution in [3.63, 3.8) is 0 Å². The molecule has 192 valence electrons. The van der Waals surface area contributed by atoms with Crippen molar-refractivity contribution in [1.82, 2.24) is 29.4 Å². The molecule has 2 aromatic rings. The quantitative estimate of drug-likeness (QED) is 0.276. The van der Waals surface area contributed by atoms with E-state index in [2.05, 4.69) is 20.7 Å². The van der Waals surface area contributed by atoms with Gasteiger partial charge in [-0.3, -0.25) is 0 Å². The van der Waals surface area contributed by atoms with Crippen LogP contribution in [0.1, 0.15) is 27.7 Å². The molecular formula is C18H26F6N8O2. The van der Waals surface area contributed by atoms with Crippen LogP contribution in [0.4, 0.5) is 38.0 Å². The Morgan fingerprint density at radius 3 is 2.03 bits per heavy atom. The molecule has 0 saturated carbocycles. The fraction of sp³-hybridized carbons (Fsp3) is 0.667. The molecule has 0 amide bonds. The van der Waals surface area contributed by atoms with Crippen molar-refractivity contribution in [1.29, 1.82) is 0 Å². The number of aromatic nitrogens is 4. The lowest BCUT2D eigenvalue weighted by Crippen LogP contribution is -2.47. The maximum absolute atomic E-state index is 13.2. The van der Waals surface area contributed by atoms with Crippen molar-refractivity contribution in [2.24, 2.45) is 0 Å². The Labute approximate surface area is 191 Å². The summed E-state index contributed by atoms with van der Waals surface area (Å²) in [4.78, 5) is 17.8. The molecule has 0 radical (unpaired) electrons. The predicted molar refractivity (Wildman–Crippen MR) is 110 cm³/mol. The number of imidazole rings is 2. The van der Waals surface area contributed by atoms with Crippen molar-refractivity contribution in [3.05, 3.63) is 35.2 Å². The fourth-order valence-corrected chi connectivity index (χ4v) is 3.11. The van der Waals surface area contributed by atoms with Gasteiger partial charge in [0.15, 0.2) is 5.82 Å². The minimum Gasteiger partial charge on any atom is -0.358 e. The van der Waals surface area contributed by atoms with Crippen LogP contribution in [-0.4, -0.2) is 67.6 Å². The van der Waals surface area contributed by atoms with Gasteiger partial charge >= 0.3 is 18.2 Å². The maximum atomic E-state index is 13.2. The maximum Gasteiger partial charge on any atom is 0.403 e. The summed E-state index contributed by atoms with van der Waals surface area (Å²) in [5.41, 5.74) is 0.679. The summed E-state index contributed by atoms with van der Waals surface area (Å²) in [5.74, 6) is -0.399. The summed E-state index contributed by atoms with van der Waals surface area (Å²) in [6, 6.07) is 0. The second-order valence-electron chi connectivity index (χ2n) is 8.99. The first-order chi connectivity index (χ1) is 15.4. The molecule has 10 nitrogen and oxygen atoms in total. The van der Waals surface area contributed by atoms with Gasteiger partial charge in [0.25, 0.3) is 0 Å². The Balaban J connectivity index is 2.15. The van der Waals surface area contributed by atoms with Crippen LogP contribution in [0.5, 0.6) is 0 Å². The Hall–Kier alpha value is -2.88. The number of nitro groups is 1. The van der Waals surface area contributed by atoms with Crippen LogP contribution in [0.25, 0.3) is 0 Å². The zero-order chi connectivity index (χ0) is 25.9. The van der Waals surface area contributed by atoms with Crippen LogP contribution in [0, 0.1) is 10.1 Å². The SMILES string of the molecule is CC(C)(CNCC(F)(F)F)n1cnc(NN(CC(F)(F)F)CC(C)(C)n2cnc([N+](=O)[O-])c2)c1. The highest BCUT2D eigenvalue weighted by Crippen LogP contribution is 2.24. The molecular weight excluding hydrogens is 474 g/mol. The standard InChI is InChI=1S/C18H26F6N8O2/c1-15(2,7-25-8-17(19,20)21)29-5-13(26-11-29)28-31(10-18(22,23)24)9-16(3,4)30-6-14(27-12-30)32(33)34/h5-6,11-12,25,28H,7-10H2,1-4H3. The molecule has 0 aliphatic rings. The van der Waals surface area contributed by atoms with Gasteiger partial charge in [0.05, 0.1) is 23.9 Å². The van der Waals surface area contributed by atoms with Crippen LogP contribution in [0.15, 0.2) is 25.0 Å². The number of nitrogens with zero attached hydrogens (tertiary/aromatic N) is 6. The molecule has 34 heavy (non-hydrogen) atoms. The molecule has 16 heteroatoms. The predicted octanol–water partition coefficient (Wildman–Crippen LogP) is 3.50. The normalized spacial score (nSPS) is 13.5. The topological polar surface area (TPSA) is 106 Å². The molecule has 0 fully saturated rings. The van der Waals surface area contributed by atoms with Gasteiger partial charge in [-0.05, 0) is 37.6 Å². The summed E-state index contributed by atoms with van der Waals surface area (Å²) < 4.78 is 79.6. The lowest BCUT2D eigenvalue weighted by Gasteiger charge is -2.33. The molecule has 0 aliphatic carbocycles. The van der Waals surface area contributed by atoms with Crippen molar-refractivity contribution >= 4 is 11.6 Å². The van der Waals surface area contributed by atoms with Crippen LogP contribution in [0.2, 0.25) is 0 Å². The van der Waals surface area contributed by atoms with Crippen LogP contribution >= 0.6 is 0 Å². The molecule has 0 aliphatic heterocycles. The number of hydrazine groups is 1. The summed E-state index contributed by atoms with van der Waals surface area (Å²) in [6.07, 6.45) is -3.99. The first-order valence-corrected chi connectivity index (χ1v) is 9.97. The highest BCUT2D eigenvalue weighted by Gasteiger charge is 2.35. The molecule has 0 unspecified atom stereocenters. The minimum atomic E-state index is -4.58. The van der Waals surface area contributed by atoms with Gasteiger partial charge in [-0.25, -0.2) is 9.99 Å². The van der Waals surface area contributed by atoms with E-state index in [1.54, 1.807) is 27.7 Å². The molecule has 0 spiro atoms. The lowest BCUT2D eigenvalue weighted by molar-refractivity contribution is -0.389. The Morgan fingerprint density at radius 2 is 1.50 bits per heavy atom. The number of anilines is 1. The van der Waals surface area contributed by atoms with Gasteiger partial charge in [0, 0.05) is 19.3 Å². The van der Waals surface area contributed by atoms with Crippen LogP contribution < -0.4 is 10.7 Å². The summed E-state index contributed by atoms with van der Waals surface area (Å²) in [5, 5.41) is 14.0. The van der Waals surface area contributed by atoms with Gasteiger partial charge in [-0.1, -0.05) is 0 Å². The molecule has 0 atom stereocenters. The average Bonchev–Trinajstić information content (AvgIpc) is 3.28. The van der Waals surface area contributed by atoms with E-state index < -0.39 is 47.3 Å². The highest BCUT2D eigenvalue weighted by molar-refractivity contribution is 5.30. The van der Waals surface area contributed by atoms with E-state index in [-0.39, 0.29) is 18.9 Å². The molecule has 2 aromatic heterocycles. The molecule has 0 aromatic carbocycles. The summed E-state index contributed by atoms with van der Waals surface area (Å²) in [7, 11) is 0. The Kier molecular flexibility index (Phi) is 7.87. The Morgan fingerprint density at radius 1 is 0.912 bits per heavy atom. The van der Waals surface area contributed by atoms with E-state index in [4.69, 9.17) is 0 Å². The monoisotopic (exact) mass is 500 g/mol. The van der Waals surface area contributed by atoms with E-state index >= 15 is 0 Å². The second kappa shape index (κ2) is 9.77. The number of halogens is 6. The van der Waals surface area contributed by atoms with E-state index in [1.165, 1.54) is 21.7 Å². The van der Waals surface area contributed by atoms with Gasteiger partial charge < -0.3 is 30.0 Å². The number of hydrogen-bond acceptors (Lipinski definition) is 7. The first kappa shape index (κ1) is 27.4. The third kappa shape index (κ3) is 8.16. The Bertz CT molecular complexity index is 966. The van der Waals surface area contributed by atoms with E-state index in [0.29, 0.717) is 0 Å². The van der Waals surface area contributed by atoms with Crippen molar-refractivity contribution in [3.8, 4) is 0 Å². The van der Waals surface area contributed by atoms with Crippen LogP contribution in [0.3, 0.4) is 0 Å². The third-order valence-electron chi connectivity index (χ3n) is 4.84. The fourth-order valence-electron chi connectivity index (χ4n) is 3.11. The minimum absolute atomic E-state index is 0.0422. The molecule has 2 heterocycles. The van der Waals surface area contributed by atoms with Gasteiger partial charge in [-0.15, -0.1) is 0 Å². The molecule has 2 N–H and O–H groups in total. The zero-order valence-corrected chi connectivity index (χ0v) is 18.9. The van der Waals surface area contributed by atoms with Crippen molar-refractivity contribution in [2.45, 2.75) is 51.1 Å². The third-order valence-corrected chi connectivity index (χ3v) is 4.84. The van der Waals surface area contributed by atoms with Crippen molar-refractivity contribution < 1.29 is 31.3 Å². The molecule has 0 saturated heterocycles. The van der Waals surface area contributed by atoms with Gasteiger partial charge in [0.2, 0.25) is 6.33 Å². The second-order valence-corrected chi connectivity index (χ2v) is 8.99. The zero-order valence-electron chi connectivity index (χ0n) is 18.9. The smallest absolute Gasteiger partial charge is 0.358 e. The van der Waals surface area contributed by atoms with E-state index in [9.17, 15) is 36.5 Å². The van der Waals surface area contributed by atoms with Gasteiger partial charge in [0.1, 0.15) is 12.7 Å². The average molecular weight is 500 g/mol. The summed E-state index contributed by atoms with van der Waals surface area (Å²) >= 11 is 0. The lowest BCUT2D eigenvalue weighted by atomic mass is 10.1.